The number of hydrogen-bond acceptors (Lipinski definition) is 5. The Balaban J connectivity index is 1.50. The molecule has 2 saturated heterocycles. The summed E-state index contributed by atoms with van der Waals surface area (Å²) < 4.78 is 24.1. The minimum absolute atomic E-state index is 0.145. The van der Waals surface area contributed by atoms with Crippen molar-refractivity contribution >= 4 is 5.97 Å². The fraction of sp³-hybridized carbons (Fsp3) is 0.650. The van der Waals surface area contributed by atoms with Crippen molar-refractivity contribution in [2.45, 2.75) is 63.8 Å². The number of esters is 1. The first-order valence-electron chi connectivity index (χ1n) is 9.30. The topological polar surface area (TPSA) is 54.0 Å². The van der Waals surface area contributed by atoms with Gasteiger partial charge in [0.2, 0.25) is 0 Å². The number of carbonyl (C=O) groups is 1. The highest BCUT2D eigenvalue weighted by Crippen LogP contribution is 2.43. The Kier molecular flexibility index (Phi) is 4.80. The average molecular weight is 346 g/mol. The van der Waals surface area contributed by atoms with E-state index in [9.17, 15) is 4.79 Å². The van der Waals surface area contributed by atoms with Crippen LogP contribution in [0.2, 0.25) is 0 Å². The molecule has 1 aliphatic carbocycles. The maximum absolute atomic E-state index is 12.2. The van der Waals surface area contributed by atoms with E-state index in [0.717, 1.165) is 5.56 Å². The van der Waals surface area contributed by atoms with Crippen LogP contribution in [0.1, 0.15) is 45.0 Å². The van der Waals surface area contributed by atoms with E-state index in [-0.39, 0.29) is 36.3 Å². The lowest BCUT2D eigenvalue weighted by Crippen LogP contribution is -2.56. The predicted molar refractivity (Wildman–Crippen MR) is 90.7 cm³/mol. The molecule has 0 N–H and O–H groups in total. The van der Waals surface area contributed by atoms with Crippen LogP contribution in [0.25, 0.3) is 0 Å². The van der Waals surface area contributed by atoms with Gasteiger partial charge in [-0.1, -0.05) is 44.2 Å². The Bertz CT molecular complexity index is 597. The molecule has 2 heterocycles. The van der Waals surface area contributed by atoms with E-state index < -0.39 is 6.29 Å². The summed E-state index contributed by atoms with van der Waals surface area (Å²) in [6.45, 7) is 4.17. The summed E-state index contributed by atoms with van der Waals surface area (Å²) in [6.07, 6.45) is 2.08. The molecule has 0 amide bonds. The molecule has 0 spiro atoms. The molecule has 5 unspecified atom stereocenters. The van der Waals surface area contributed by atoms with Gasteiger partial charge in [0.05, 0.1) is 18.6 Å². The van der Waals surface area contributed by atoms with E-state index in [1.807, 2.05) is 44.2 Å². The van der Waals surface area contributed by atoms with E-state index in [1.165, 1.54) is 12.8 Å². The average Bonchev–Trinajstić information content (AvgIpc) is 3.47. The summed E-state index contributed by atoms with van der Waals surface area (Å²) in [5, 5.41) is 0. The van der Waals surface area contributed by atoms with E-state index >= 15 is 0 Å². The van der Waals surface area contributed by atoms with E-state index in [4.69, 9.17) is 18.9 Å². The molecule has 1 aromatic rings. The number of ether oxygens (including phenoxy) is 4. The van der Waals surface area contributed by atoms with Crippen molar-refractivity contribution in [3.63, 3.8) is 0 Å². The first kappa shape index (κ1) is 17.0. The third-order valence-corrected chi connectivity index (χ3v) is 5.20. The predicted octanol–water partition coefficient (Wildman–Crippen LogP) is 3.24. The van der Waals surface area contributed by atoms with Crippen molar-refractivity contribution in [1.29, 1.82) is 0 Å². The Morgan fingerprint density at radius 1 is 1.12 bits per heavy atom. The van der Waals surface area contributed by atoms with Crippen LogP contribution in [0.15, 0.2) is 30.3 Å². The molecule has 5 nitrogen and oxygen atoms in total. The van der Waals surface area contributed by atoms with Gasteiger partial charge in [-0.2, -0.15) is 0 Å². The third-order valence-electron chi connectivity index (χ3n) is 5.20. The van der Waals surface area contributed by atoms with Gasteiger partial charge in [-0.05, 0) is 18.8 Å². The number of rotatable bonds is 4. The van der Waals surface area contributed by atoms with Crippen molar-refractivity contribution in [1.82, 2.24) is 0 Å². The van der Waals surface area contributed by atoms with Crippen LogP contribution in [-0.2, 0) is 23.7 Å². The van der Waals surface area contributed by atoms with Gasteiger partial charge < -0.3 is 18.9 Å². The summed E-state index contributed by atoms with van der Waals surface area (Å²) in [5.74, 6) is 0.269. The first-order valence-corrected chi connectivity index (χ1v) is 9.30. The summed E-state index contributed by atoms with van der Waals surface area (Å²) in [5.41, 5.74) is 0.971. The summed E-state index contributed by atoms with van der Waals surface area (Å²) >= 11 is 0. The molecule has 25 heavy (non-hydrogen) atoms. The van der Waals surface area contributed by atoms with Gasteiger partial charge in [0.25, 0.3) is 0 Å². The van der Waals surface area contributed by atoms with Gasteiger partial charge in [0.15, 0.2) is 6.29 Å². The highest BCUT2D eigenvalue weighted by atomic mass is 16.7. The fourth-order valence-corrected chi connectivity index (χ4v) is 3.59. The number of benzene rings is 1. The zero-order valence-electron chi connectivity index (χ0n) is 14.8. The molecule has 4 rings (SSSR count). The second-order valence-corrected chi connectivity index (χ2v) is 7.59. The van der Waals surface area contributed by atoms with E-state index in [2.05, 4.69) is 0 Å². The number of hydrogen-bond donors (Lipinski definition) is 0. The zero-order valence-corrected chi connectivity index (χ0v) is 14.8. The van der Waals surface area contributed by atoms with Gasteiger partial charge in [0, 0.05) is 12.0 Å². The second kappa shape index (κ2) is 7.06. The lowest BCUT2D eigenvalue weighted by atomic mass is 9.94. The van der Waals surface area contributed by atoms with Crippen LogP contribution in [0.5, 0.6) is 0 Å². The maximum atomic E-state index is 12.2. The monoisotopic (exact) mass is 346 g/mol. The molecule has 1 aromatic carbocycles. The molecule has 5 heteroatoms. The Morgan fingerprint density at radius 2 is 1.88 bits per heavy atom. The van der Waals surface area contributed by atoms with Gasteiger partial charge >= 0.3 is 5.97 Å². The first-order chi connectivity index (χ1) is 12.1. The van der Waals surface area contributed by atoms with Gasteiger partial charge in [-0.15, -0.1) is 0 Å². The smallest absolute Gasteiger partial charge is 0.308 e. The normalized spacial score (nSPS) is 35.2. The van der Waals surface area contributed by atoms with E-state index in [0.29, 0.717) is 18.9 Å². The highest BCUT2D eigenvalue weighted by Gasteiger charge is 2.49. The van der Waals surface area contributed by atoms with Crippen LogP contribution < -0.4 is 0 Å². The minimum Gasteiger partial charge on any atom is -0.459 e. The summed E-state index contributed by atoms with van der Waals surface area (Å²) in [4.78, 5) is 12.2. The molecular weight excluding hydrogens is 320 g/mol. The second-order valence-electron chi connectivity index (χ2n) is 7.59. The van der Waals surface area contributed by atoms with Crippen LogP contribution in [-0.4, -0.2) is 37.0 Å². The Hall–Kier alpha value is -1.43. The van der Waals surface area contributed by atoms with E-state index in [1.54, 1.807) is 0 Å². The molecule has 5 atom stereocenters. The molecule has 0 bridgehead atoms. The van der Waals surface area contributed by atoms with Crippen molar-refractivity contribution < 1.29 is 23.7 Å². The Morgan fingerprint density at radius 3 is 2.56 bits per heavy atom. The van der Waals surface area contributed by atoms with Crippen LogP contribution >= 0.6 is 0 Å². The van der Waals surface area contributed by atoms with Crippen molar-refractivity contribution in [3.05, 3.63) is 35.9 Å². The lowest BCUT2D eigenvalue weighted by Gasteiger charge is -2.45. The van der Waals surface area contributed by atoms with Crippen LogP contribution in [0.3, 0.4) is 0 Å². The molecule has 3 aliphatic rings. The molecule has 3 fully saturated rings. The Labute approximate surface area is 148 Å². The molecular formula is C20H26O5. The van der Waals surface area contributed by atoms with Crippen molar-refractivity contribution in [2.24, 2.45) is 11.8 Å². The highest BCUT2D eigenvalue weighted by molar-refractivity contribution is 5.71. The largest absolute Gasteiger partial charge is 0.459 e. The van der Waals surface area contributed by atoms with Gasteiger partial charge in [-0.25, -0.2) is 0 Å². The molecule has 2 aliphatic heterocycles. The third kappa shape index (κ3) is 3.73. The van der Waals surface area contributed by atoms with Crippen molar-refractivity contribution in [2.75, 3.05) is 6.61 Å². The zero-order chi connectivity index (χ0) is 17.4. The summed E-state index contributed by atoms with van der Waals surface area (Å²) in [7, 11) is 0. The quantitative estimate of drug-likeness (QED) is 0.784. The van der Waals surface area contributed by atoms with Crippen LogP contribution in [0.4, 0.5) is 0 Å². The SMILES string of the molecule is CC(C)C(=O)OC1CC(C2CC2)OC2COC(c3ccccc3)OC12. The molecule has 1 saturated carbocycles. The van der Waals surface area contributed by atoms with Gasteiger partial charge in [-0.3, -0.25) is 4.79 Å². The fourth-order valence-electron chi connectivity index (χ4n) is 3.59. The molecule has 0 radical (unpaired) electrons. The van der Waals surface area contributed by atoms with Gasteiger partial charge in [0.1, 0.15) is 18.3 Å². The molecule has 0 aromatic heterocycles. The number of carbonyl (C=O) groups excluding carboxylic acids is 1. The minimum atomic E-state index is -0.441. The number of fused-ring (bicyclic) bond motifs is 1. The maximum Gasteiger partial charge on any atom is 0.308 e. The van der Waals surface area contributed by atoms with Crippen LogP contribution in [0, 0.1) is 11.8 Å². The summed E-state index contributed by atoms with van der Waals surface area (Å²) in [6, 6.07) is 9.86. The van der Waals surface area contributed by atoms with Crippen molar-refractivity contribution in [3.8, 4) is 0 Å². The lowest BCUT2D eigenvalue weighted by molar-refractivity contribution is -0.313. The standard InChI is InChI=1S/C20H26O5/c1-12(2)19(21)24-16-10-15(13-8-9-13)23-17-11-22-20(25-18(16)17)14-6-4-3-5-7-14/h3-7,12-13,15-18,20H,8-11H2,1-2H3. The molecule has 136 valence electrons.